The fourth-order valence-electron chi connectivity index (χ4n) is 2.71. The normalized spacial score (nSPS) is 12.9. The first kappa shape index (κ1) is 34.4. The molecule has 0 saturated heterocycles. The van der Waals surface area contributed by atoms with Crippen molar-refractivity contribution in [2.75, 3.05) is 13.2 Å². The maximum Gasteiger partial charge on any atom is 1.00 e. The number of carbonyl (C=O) groups is 2. The number of carboxylic acids is 1. The third kappa shape index (κ3) is 17.1. The smallest absolute Gasteiger partial charge is 1.00 e. The summed E-state index contributed by atoms with van der Waals surface area (Å²) in [5.74, 6) is -2.97. The van der Waals surface area contributed by atoms with E-state index in [0.29, 0.717) is 6.42 Å². The Balaban J connectivity index is -0.000000563. The van der Waals surface area contributed by atoms with Crippen molar-refractivity contribution in [2.24, 2.45) is 0 Å². The van der Waals surface area contributed by atoms with Crippen LogP contribution in [-0.2, 0) is 29.2 Å². The number of ether oxygens (including phenoxy) is 2. The van der Waals surface area contributed by atoms with E-state index in [1.54, 1.807) is 0 Å². The summed E-state index contributed by atoms with van der Waals surface area (Å²) in [5, 5.41) is 6.75. The number of aliphatic carboxylic acids is 1. The number of hydrogen-bond donors (Lipinski definition) is 2. The van der Waals surface area contributed by atoms with Gasteiger partial charge in [-0.2, -0.15) is 8.42 Å². The molecule has 0 aliphatic rings. The van der Waals surface area contributed by atoms with Crippen LogP contribution in [0.5, 0.6) is 0 Å². The van der Waals surface area contributed by atoms with Gasteiger partial charge in [-0.05, 0) is 13.3 Å². The number of carboxylic acid groups (broad SMARTS) is 1. The van der Waals surface area contributed by atoms with Gasteiger partial charge >= 0.3 is 71.1 Å². The average Bonchev–Trinajstić information content (AvgIpc) is 2.58. The van der Waals surface area contributed by atoms with Gasteiger partial charge in [-0.25, -0.2) is 4.79 Å². The van der Waals surface area contributed by atoms with Crippen LogP contribution in [0.15, 0.2) is 0 Å². The Kier molecular flexibility index (Phi) is 24.6. The molecule has 0 heterocycles. The van der Waals surface area contributed by atoms with Gasteiger partial charge in [0.2, 0.25) is 5.25 Å². The third-order valence-corrected chi connectivity index (χ3v) is 5.24. The van der Waals surface area contributed by atoms with E-state index >= 15 is 0 Å². The molecule has 2 unspecified atom stereocenters. The van der Waals surface area contributed by atoms with Gasteiger partial charge in [0.25, 0.3) is 10.1 Å². The molecule has 2 N–H and O–H groups in total. The minimum Gasteiger partial charge on any atom is -1.00 e. The van der Waals surface area contributed by atoms with E-state index in [4.69, 9.17) is 14.6 Å². The first-order valence-electron chi connectivity index (χ1n) is 9.73. The van der Waals surface area contributed by atoms with Crippen LogP contribution < -0.4 is 59.1 Å². The fraction of sp³-hybridized carbons (Fsp3) is 0.889. The molecule has 0 spiro atoms. The van der Waals surface area contributed by atoms with E-state index in [2.05, 4.69) is 6.92 Å². The first-order chi connectivity index (χ1) is 12.8. The van der Waals surface area contributed by atoms with Gasteiger partial charge in [-0.3, -0.25) is 9.35 Å². The van der Waals surface area contributed by atoms with Crippen LogP contribution >= 0.6 is 0 Å². The molecular formula is C18H36Na2O8S. The number of carbonyl (C=O) groups excluding carboxylic acids is 1. The van der Waals surface area contributed by atoms with E-state index in [0.717, 1.165) is 19.3 Å². The molecule has 29 heavy (non-hydrogen) atoms. The summed E-state index contributed by atoms with van der Waals surface area (Å²) in [6.07, 6.45) is 8.89. The van der Waals surface area contributed by atoms with E-state index in [9.17, 15) is 22.6 Å². The Labute approximate surface area is 222 Å². The van der Waals surface area contributed by atoms with E-state index in [1.807, 2.05) is 0 Å². The SMILES string of the molecule is CCCCCCCCCCCCOC(=O)C(C(OCC)C(=O)O)S(=O)(=O)O.[H-].[H-].[Na+].[Na+]. The molecule has 2 atom stereocenters. The van der Waals surface area contributed by atoms with Crippen LogP contribution in [0.25, 0.3) is 0 Å². The van der Waals surface area contributed by atoms with Crippen LogP contribution in [-0.4, -0.2) is 54.6 Å². The number of rotatable bonds is 17. The maximum atomic E-state index is 12.0. The van der Waals surface area contributed by atoms with E-state index in [1.165, 1.54) is 45.4 Å². The molecule has 8 nitrogen and oxygen atoms in total. The number of esters is 1. The second-order valence-corrected chi connectivity index (χ2v) is 8.04. The predicted molar refractivity (Wildman–Crippen MR) is 103 cm³/mol. The van der Waals surface area contributed by atoms with Crippen LogP contribution in [0.1, 0.15) is 80.9 Å². The molecular weight excluding hydrogens is 422 g/mol. The number of hydrogen-bond acceptors (Lipinski definition) is 6. The van der Waals surface area contributed by atoms with Gasteiger partial charge in [0.15, 0.2) is 6.10 Å². The van der Waals surface area contributed by atoms with Crippen LogP contribution in [0.4, 0.5) is 0 Å². The minimum absolute atomic E-state index is 0. The van der Waals surface area contributed by atoms with Gasteiger partial charge in [0.1, 0.15) is 0 Å². The summed E-state index contributed by atoms with van der Waals surface area (Å²) in [6.45, 7) is 3.48. The van der Waals surface area contributed by atoms with Crippen LogP contribution in [0, 0.1) is 0 Å². The van der Waals surface area contributed by atoms with Crippen LogP contribution in [0.2, 0.25) is 0 Å². The molecule has 0 aromatic rings. The summed E-state index contributed by atoms with van der Waals surface area (Å²) in [7, 11) is -4.98. The molecule has 0 aliphatic carbocycles. The molecule has 0 amide bonds. The Hall–Kier alpha value is 0.810. The van der Waals surface area contributed by atoms with Crippen LogP contribution in [0.3, 0.4) is 0 Å². The monoisotopic (exact) mass is 458 g/mol. The van der Waals surface area contributed by atoms with Crippen molar-refractivity contribution < 1.29 is 99.1 Å². The average molecular weight is 459 g/mol. The molecule has 0 radical (unpaired) electrons. The van der Waals surface area contributed by atoms with E-state index < -0.39 is 33.4 Å². The first-order valence-corrected chi connectivity index (χ1v) is 11.2. The summed E-state index contributed by atoms with van der Waals surface area (Å²) in [5.41, 5.74) is 0. The van der Waals surface area contributed by atoms with Crippen molar-refractivity contribution >= 4 is 22.1 Å². The maximum absolute atomic E-state index is 12.0. The summed E-state index contributed by atoms with van der Waals surface area (Å²) in [6, 6.07) is 0. The standard InChI is InChI=1S/C18H34O8S.2Na.2H/c1-3-5-6-7-8-9-10-11-12-13-14-26-18(21)16(27(22,23)24)15(17(19)20)25-4-2;;;;/h15-16H,3-14H2,1-2H3,(H,19,20)(H,22,23,24);;;;/q;2*+1;2*-1. The quantitative estimate of drug-likeness (QED) is 0.105. The Bertz CT molecular complexity index is 539. The topological polar surface area (TPSA) is 127 Å². The second-order valence-electron chi connectivity index (χ2n) is 6.50. The molecule has 164 valence electrons. The summed E-state index contributed by atoms with van der Waals surface area (Å²) >= 11 is 0. The largest absolute Gasteiger partial charge is 1.00 e. The molecule has 0 bridgehead atoms. The zero-order valence-corrected chi connectivity index (χ0v) is 23.2. The summed E-state index contributed by atoms with van der Waals surface area (Å²) in [4.78, 5) is 23.1. The van der Waals surface area contributed by atoms with Crippen molar-refractivity contribution in [3.8, 4) is 0 Å². The minimum atomic E-state index is -4.98. The molecule has 0 fully saturated rings. The zero-order chi connectivity index (χ0) is 20.7. The molecule has 0 rings (SSSR count). The van der Waals surface area contributed by atoms with Crippen molar-refractivity contribution in [1.29, 1.82) is 0 Å². The fourth-order valence-corrected chi connectivity index (χ4v) is 3.53. The van der Waals surface area contributed by atoms with Crippen molar-refractivity contribution in [3.63, 3.8) is 0 Å². The van der Waals surface area contributed by atoms with Crippen molar-refractivity contribution in [1.82, 2.24) is 0 Å². The Morgan fingerprint density at radius 3 is 1.72 bits per heavy atom. The molecule has 0 saturated carbocycles. The van der Waals surface area contributed by atoms with Gasteiger partial charge < -0.3 is 17.4 Å². The Morgan fingerprint density at radius 2 is 1.34 bits per heavy atom. The molecule has 0 aromatic heterocycles. The number of unbranched alkanes of at least 4 members (excludes halogenated alkanes) is 9. The van der Waals surface area contributed by atoms with Gasteiger partial charge in [-0.1, -0.05) is 64.7 Å². The molecule has 0 aliphatic heterocycles. The summed E-state index contributed by atoms with van der Waals surface area (Å²) < 4.78 is 41.7. The molecule has 0 aromatic carbocycles. The van der Waals surface area contributed by atoms with Crippen molar-refractivity contribution in [3.05, 3.63) is 0 Å². The van der Waals surface area contributed by atoms with Gasteiger partial charge in [0, 0.05) is 6.61 Å². The van der Waals surface area contributed by atoms with Gasteiger partial charge in [0.05, 0.1) is 6.61 Å². The second kappa shape index (κ2) is 20.7. The zero-order valence-electron chi connectivity index (χ0n) is 20.4. The van der Waals surface area contributed by atoms with E-state index in [-0.39, 0.29) is 75.2 Å². The molecule has 11 heteroatoms. The predicted octanol–water partition coefficient (Wildman–Crippen LogP) is -2.57. The Morgan fingerprint density at radius 1 is 0.897 bits per heavy atom. The van der Waals surface area contributed by atoms with Gasteiger partial charge in [-0.15, -0.1) is 0 Å². The third-order valence-electron chi connectivity index (χ3n) is 4.16. The van der Waals surface area contributed by atoms with Crippen molar-refractivity contribution in [2.45, 2.75) is 89.4 Å².